The number of benzene rings is 2. The first-order valence-corrected chi connectivity index (χ1v) is 9.20. The number of amides is 2. The molecule has 3 N–H and O–H groups in total. The molecular formula is C20H23N3O4S. The number of rotatable bonds is 8. The van der Waals surface area contributed by atoms with Gasteiger partial charge in [0.2, 0.25) is 0 Å². The van der Waals surface area contributed by atoms with Gasteiger partial charge in [-0.05, 0) is 49.5 Å². The highest BCUT2D eigenvalue weighted by atomic mass is 32.1. The fourth-order valence-corrected chi connectivity index (χ4v) is 2.56. The number of para-hydroxylation sites is 1. The average Bonchev–Trinajstić information content (AvgIpc) is 2.71. The monoisotopic (exact) mass is 401 g/mol. The SMILES string of the molecule is CCOCCOc1ccccc1C(=O)NC(=S)Nc1cccc(C(=O)NC)c1. The van der Waals surface area contributed by atoms with Gasteiger partial charge >= 0.3 is 0 Å². The van der Waals surface area contributed by atoms with E-state index in [0.29, 0.717) is 42.4 Å². The number of hydrogen-bond acceptors (Lipinski definition) is 5. The molecule has 0 bridgehead atoms. The van der Waals surface area contributed by atoms with Crippen LogP contribution in [-0.2, 0) is 4.74 Å². The van der Waals surface area contributed by atoms with Crippen LogP contribution in [0.3, 0.4) is 0 Å². The minimum Gasteiger partial charge on any atom is -0.490 e. The van der Waals surface area contributed by atoms with Gasteiger partial charge in [0.15, 0.2) is 5.11 Å². The van der Waals surface area contributed by atoms with Gasteiger partial charge in [-0.25, -0.2) is 0 Å². The van der Waals surface area contributed by atoms with E-state index in [1.54, 1.807) is 55.6 Å². The van der Waals surface area contributed by atoms with Crippen LogP contribution >= 0.6 is 12.2 Å². The Morgan fingerprint density at radius 3 is 2.57 bits per heavy atom. The Labute approximate surface area is 169 Å². The van der Waals surface area contributed by atoms with E-state index in [0.717, 1.165) is 0 Å². The van der Waals surface area contributed by atoms with Crippen molar-refractivity contribution >= 4 is 34.8 Å². The van der Waals surface area contributed by atoms with Crippen molar-refractivity contribution in [2.45, 2.75) is 6.92 Å². The van der Waals surface area contributed by atoms with Gasteiger partial charge in [-0.15, -0.1) is 0 Å². The molecule has 0 aliphatic heterocycles. The molecule has 0 aliphatic carbocycles. The van der Waals surface area contributed by atoms with Crippen molar-refractivity contribution in [2.75, 3.05) is 32.2 Å². The molecule has 2 amide bonds. The van der Waals surface area contributed by atoms with Crippen molar-refractivity contribution in [3.05, 3.63) is 59.7 Å². The Bertz CT molecular complexity index is 842. The highest BCUT2D eigenvalue weighted by molar-refractivity contribution is 7.80. The molecule has 0 saturated heterocycles. The van der Waals surface area contributed by atoms with Gasteiger partial charge in [0, 0.05) is 24.9 Å². The molecular weight excluding hydrogens is 378 g/mol. The van der Waals surface area contributed by atoms with Crippen molar-refractivity contribution in [1.82, 2.24) is 10.6 Å². The van der Waals surface area contributed by atoms with Crippen molar-refractivity contribution in [3.8, 4) is 5.75 Å². The maximum absolute atomic E-state index is 12.6. The first-order chi connectivity index (χ1) is 13.5. The molecule has 0 aliphatic rings. The molecule has 8 heteroatoms. The molecule has 0 saturated carbocycles. The number of anilines is 1. The highest BCUT2D eigenvalue weighted by Gasteiger charge is 2.14. The maximum Gasteiger partial charge on any atom is 0.261 e. The van der Waals surface area contributed by atoms with Crippen LogP contribution in [0.25, 0.3) is 0 Å². The maximum atomic E-state index is 12.6. The lowest BCUT2D eigenvalue weighted by Crippen LogP contribution is -2.34. The molecule has 0 heterocycles. The summed E-state index contributed by atoms with van der Waals surface area (Å²) in [4.78, 5) is 24.3. The summed E-state index contributed by atoms with van der Waals surface area (Å²) in [7, 11) is 1.56. The second-order valence-corrected chi connectivity index (χ2v) is 6.02. The quantitative estimate of drug-likeness (QED) is 0.465. The summed E-state index contributed by atoms with van der Waals surface area (Å²) in [5.41, 5.74) is 1.43. The molecule has 2 aromatic carbocycles. The second-order valence-electron chi connectivity index (χ2n) is 5.61. The first-order valence-electron chi connectivity index (χ1n) is 8.79. The fraction of sp³-hybridized carbons (Fsp3) is 0.250. The molecule has 28 heavy (non-hydrogen) atoms. The molecule has 0 aromatic heterocycles. The van der Waals surface area contributed by atoms with Gasteiger partial charge in [0.05, 0.1) is 12.2 Å². The summed E-state index contributed by atoms with van der Waals surface area (Å²) < 4.78 is 10.9. The molecule has 2 aromatic rings. The topological polar surface area (TPSA) is 88.7 Å². The van der Waals surface area contributed by atoms with E-state index in [1.807, 2.05) is 6.92 Å². The number of carbonyl (C=O) groups excluding carboxylic acids is 2. The van der Waals surface area contributed by atoms with Crippen molar-refractivity contribution in [2.24, 2.45) is 0 Å². The van der Waals surface area contributed by atoms with Crippen LogP contribution in [0.1, 0.15) is 27.6 Å². The molecule has 0 fully saturated rings. The number of ether oxygens (including phenoxy) is 2. The van der Waals surface area contributed by atoms with E-state index in [-0.39, 0.29) is 11.0 Å². The molecule has 0 radical (unpaired) electrons. The van der Waals surface area contributed by atoms with Crippen LogP contribution in [0.4, 0.5) is 5.69 Å². The number of nitrogens with one attached hydrogen (secondary N) is 3. The standard InChI is InChI=1S/C20H23N3O4S/c1-3-26-11-12-27-17-10-5-4-9-16(17)19(25)23-20(28)22-15-8-6-7-14(13-15)18(24)21-2/h4-10,13H,3,11-12H2,1-2H3,(H,21,24)(H2,22,23,25,28). The lowest BCUT2D eigenvalue weighted by atomic mass is 10.2. The van der Waals surface area contributed by atoms with Crippen LogP contribution < -0.4 is 20.7 Å². The van der Waals surface area contributed by atoms with E-state index in [9.17, 15) is 9.59 Å². The van der Waals surface area contributed by atoms with Crippen LogP contribution in [0, 0.1) is 0 Å². The summed E-state index contributed by atoms with van der Waals surface area (Å²) in [6.07, 6.45) is 0. The third-order valence-electron chi connectivity index (χ3n) is 3.66. The summed E-state index contributed by atoms with van der Waals surface area (Å²) >= 11 is 5.21. The summed E-state index contributed by atoms with van der Waals surface area (Å²) in [6.45, 7) is 3.29. The Kier molecular flexibility index (Phi) is 8.38. The summed E-state index contributed by atoms with van der Waals surface area (Å²) in [6, 6.07) is 13.7. The second kappa shape index (κ2) is 11.0. The number of hydrogen-bond donors (Lipinski definition) is 3. The lowest BCUT2D eigenvalue weighted by molar-refractivity contribution is 0.0953. The highest BCUT2D eigenvalue weighted by Crippen LogP contribution is 2.18. The van der Waals surface area contributed by atoms with Gasteiger partial charge < -0.3 is 20.1 Å². The van der Waals surface area contributed by atoms with Crippen LogP contribution in [0.2, 0.25) is 0 Å². The molecule has 7 nitrogen and oxygen atoms in total. The third-order valence-corrected chi connectivity index (χ3v) is 3.86. The van der Waals surface area contributed by atoms with E-state index < -0.39 is 5.91 Å². The molecule has 0 unspecified atom stereocenters. The molecule has 2 rings (SSSR count). The Hall–Kier alpha value is -2.97. The van der Waals surface area contributed by atoms with Crippen LogP contribution in [0.15, 0.2) is 48.5 Å². The Morgan fingerprint density at radius 2 is 1.82 bits per heavy atom. The average molecular weight is 401 g/mol. The minimum atomic E-state index is -0.396. The van der Waals surface area contributed by atoms with Gasteiger partial charge in [-0.1, -0.05) is 18.2 Å². The van der Waals surface area contributed by atoms with Crippen molar-refractivity contribution in [1.29, 1.82) is 0 Å². The molecule has 0 atom stereocenters. The Morgan fingerprint density at radius 1 is 1.04 bits per heavy atom. The zero-order chi connectivity index (χ0) is 20.4. The summed E-state index contributed by atoms with van der Waals surface area (Å²) in [5.74, 6) is -0.159. The molecule has 0 spiro atoms. The van der Waals surface area contributed by atoms with E-state index in [1.165, 1.54) is 0 Å². The van der Waals surface area contributed by atoms with Gasteiger partial charge in [-0.3, -0.25) is 14.9 Å². The Balaban J connectivity index is 1.99. The zero-order valence-electron chi connectivity index (χ0n) is 15.8. The summed E-state index contributed by atoms with van der Waals surface area (Å²) in [5, 5.41) is 8.19. The fourth-order valence-electron chi connectivity index (χ4n) is 2.35. The van der Waals surface area contributed by atoms with Crippen molar-refractivity contribution in [3.63, 3.8) is 0 Å². The third kappa shape index (κ3) is 6.33. The predicted octanol–water partition coefficient (Wildman–Crippen LogP) is 2.59. The van der Waals surface area contributed by atoms with E-state index in [4.69, 9.17) is 21.7 Å². The predicted molar refractivity (Wildman–Crippen MR) is 112 cm³/mol. The largest absolute Gasteiger partial charge is 0.490 e. The van der Waals surface area contributed by atoms with Gasteiger partial charge in [-0.2, -0.15) is 0 Å². The van der Waals surface area contributed by atoms with Crippen LogP contribution in [-0.4, -0.2) is 43.8 Å². The normalized spacial score (nSPS) is 10.1. The first kappa shape index (κ1) is 21.3. The zero-order valence-corrected chi connectivity index (χ0v) is 16.6. The van der Waals surface area contributed by atoms with E-state index >= 15 is 0 Å². The lowest BCUT2D eigenvalue weighted by Gasteiger charge is -2.13. The number of carbonyl (C=O) groups is 2. The smallest absolute Gasteiger partial charge is 0.261 e. The van der Waals surface area contributed by atoms with Crippen LogP contribution in [0.5, 0.6) is 5.75 Å². The van der Waals surface area contributed by atoms with Crippen molar-refractivity contribution < 1.29 is 19.1 Å². The minimum absolute atomic E-state index is 0.114. The number of thiocarbonyl (C=S) groups is 1. The van der Waals surface area contributed by atoms with E-state index in [2.05, 4.69) is 16.0 Å². The van der Waals surface area contributed by atoms with Gasteiger partial charge in [0.1, 0.15) is 12.4 Å². The molecule has 148 valence electrons. The van der Waals surface area contributed by atoms with Gasteiger partial charge in [0.25, 0.3) is 11.8 Å².